The van der Waals surface area contributed by atoms with Crippen molar-refractivity contribution in [2.45, 2.75) is 82.8 Å². The number of nitrogens with one attached hydrogen (secondary N) is 3. The Morgan fingerprint density at radius 2 is 2.00 bits per heavy atom. The van der Waals surface area contributed by atoms with Crippen molar-refractivity contribution in [1.29, 1.82) is 5.41 Å². The summed E-state index contributed by atoms with van der Waals surface area (Å²) < 4.78 is 7.21. The highest BCUT2D eigenvalue weighted by Gasteiger charge is 2.71. The molecule has 4 fully saturated rings. The van der Waals surface area contributed by atoms with E-state index in [1.165, 1.54) is 0 Å². The van der Waals surface area contributed by atoms with Crippen LogP contribution in [0.3, 0.4) is 0 Å². The third-order valence-electron chi connectivity index (χ3n) is 10.3. The lowest BCUT2D eigenvalue weighted by Gasteiger charge is -2.70. The number of amides is 3. The van der Waals surface area contributed by atoms with Crippen LogP contribution in [-0.4, -0.2) is 52.1 Å². The van der Waals surface area contributed by atoms with Crippen molar-refractivity contribution in [2.75, 3.05) is 6.26 Å². The Bertz CT molecular complexity index is 982. The summed E-state index contributed by atoms with van der Waals surface area (Å²) in [5.74, 6) is 0.353. The van der Waals surface area contributed by atoms with Crippen molar-refractivity contribution in [3.05, 3.63) is 11.3 Å². The highest BCUT2D eigenvalue weighted by atomic mass is 32.2. The molecule has 9 atom stereocenters. The molecule has 0 bridgehead atoms. The lowest BCUT2D eigenvalue weighted by molar-refractivity contribution is -0.267. The molecular formula is C25H38N4O4S. The molecular weight excluding hydrogens is 452 g/mol. The normalized spacial score (nSPS) is 46.9. The zero-order valence-corrected chi connectivity index (χ0v) is 21.6. The summed E-state index contributed by atoms with van der Waals surface area (Å²) in [4.78, 5) is 24.5. The minimum atomic E-state index is -0.667. The minimum absolute atomic E-state index is 0.0926. The van der Waals surface area contributed by atoms with E-state index < -0.39 is 23.7 Å². The van der Waals surface area contributed by atoms with Crippen molar-refractivity contribution in [3.8, 4) is 0 Å². The van der Waals surface area contributed by atoms with Gasteiger partial charge in [0.2, 0.25) is 5.91 Å². The maximum Gasteiger partial charge on any atom is 0.312 e. The van der Waals surface area contributed by atoms with E-state index >= 15 is 0 Å². The van der Waals surface area contributed by atoms with Gasteiger partial charge in [-0.05, 0) is 43.3 Å². The Balaban J connectivity index is 1.68. The van der Waals surface area contributed by atoms with E-state index in [1.807, 2.05) is 0 Å². The first-order valence-corrected chi connectivity index (χ1v) is 13.8. The lowest BCUT2D eigenvalue weighted by Crippen LogP contribution is -2.74. The molecule has 0 aromatic heterocycles. The van der Waals surface area contributed by atoms with E-state index in [0.717, 1.165) is 25.7 Å². The maximum atomic E-state index is 12.6. The van der Waals surface area contributed by atoms with E-state index in [4.69, 9.17) is 15.9 Å². The fourth-order valence-corrected chi connectivity index (χ4v) is 9.50. The number of amidine groups is 1. The van der Waals surface area contributed by atoms with E-state index in [2.05, 4.69) is 44.6 Å². The van der Waals surface area contributed by atoms with Crippen LogP contribution in [0, 0.1) is 39.9 Å². The maximum absolute atomic E-state index is 12.6. The number of fused-ring (bicyclic) bond motifs is 2. The van der Waals surface area contributed by atoms with Gasteiger partial charge in [0.05, 0.1) is 12.0 Å². The van der Waals surface area contributed by atoms with Gasteiger partial charge >= 0.3 is 6.03 Å². The molecule has 3 aliphatic carbocycles. The number of urea groups is 1. The number of ether oxygens (including phenoxy) is 1. The predicted octanol–water partition coefficient (Wildman–Crippen LogP) is 2.75. The number of rotatable bonds is 2. The number of carbonyl (C=O) groups excluding carboxylic acids is 2. The average Bonchev–Trinajstić information content (AvgIpc) is 3.03. The Morgan fingerprint density at radius 3 is 2.65 bits per heavy atom. The summed E-state index contributed by atoms with van der Waals surface area (Å²) in [6, 6.07) is -0.596. The molecule has 34 heavy (non-hydrogen) atoms. The molecule has 9 unspecified atom stereocenters. The molecule has 0 radical (unpaired) electrons. The number of thioether (sulfide) groups is 1. The Hall–Kier alpha value is -1.74. The molecule has 2 saturated heterocycles. The molecule has 1 spiro atoms. The third-order valence-corrected chi connectivity index (χ3v) is 11.4. The Labute approximate surface area is 205 Å². The lowest BCUT2D eigenvalue weighted by atomic mass is 9.42. The molecule has 8 nitrogen and oxygen atoms in total. The molecule has 6 N–H and O–H groups in total. The van der Waals surface area contributed by atoms with Crippen LogP contribution < -0.4 is 16.4 Å². The summed E-state index contributed by atoms with van der Waals surface area (Å²) in [5, 5.41) is 25.5. The molecule has 0 aromatic carbocycles. The van der Waals surface area contributed by atoms with Crippen molar-refractivity contribution in [3.63, 3.8) is 0 Å². The van der Waals surface area contributed by atoms with Crippen LogP contribution in [0.2, 0.25) is 0 Å². The van der Waals surface area contributed by atoms with Gasteiger partial charge in [-0.2, -0.15) is 11.8 Å². The van der Waals surface area contributed by atoms with Gasteiger partial charge in [0, 0.05) is 40.5 Å². The van der Waals surface area contributed by atoms with Crippen LogP contribution in [0.4, 0.5) is 4.79 Å². The first-order valence-electron chi connectivity index (χ1n) is 12.5. The first-order chi connectivity index (χ1) is 15.9. The molecule has 2 saturated carbocycles. The highest BCUT2D eigenvalue weighted by Crippen LogP contribution is 2.69. The zero-order valence-electron chi connectivity index (χ0n) is 20.7. The van der Waals surface area contributed by atoms with E-state index in [9.17, 15) is 14.7 Å². The fraction of sp³-hybridized carbons (Fsp3) is 0.800. The first kappa shape index (κ1) is 24.0. The minimum Gasteiger partial charge on any atom is -0.490 e. The number of carbonyl (C=O) groups is 2. The van der Waals surface area contributed by atoms with E-state index in [1.54, 1.807) is 11.8 Å². The fourth-order valence-electron chi connectivity index (χ4n) is 8.39. The second-order valence-electron chi connectivity index (χ2n) is 12.0. The number of primary amides is 1. The van der Waals surface area contributed by atoms with E-state index in [0.29, 0.717) is 23.7 Å². The van der Waals surface area contributed by atoms with Crippen LogP contribution >= 0.6 is 11.8 Å². The standard InChI is InChI=1S/C25H38N4O4S/c1-11-6-7-16-23(2,3)19(28-22(27)32)15(34-5)10-25(16)24(11,4)9-13-14(30)8-12-17(18(13)33-25)20(26)29-21(12)31/h11-16,19,30H,6-10H2,1-5H3,(H2,26,29,31)(H3,27,28,32). The quantitative estimate of drug-likeness (QED) is 0.405. The second-order valence-corrected chi connectivity index (χ2v) is 13.1. The molecule has 9 heteroatoms. The van der Waals surface area contributed by atoms with Gasteiger partial charge in [-0.1, -0.05) is 27.7 Å². The van der Waals surface area contributed by atoms with Crippen LogP contribution in [0.25, 0.3) is 0 Å². The molecule has 2 heterocycles. The average molecular weight is 491 g/mol. The van der Waals surface area contributed by atoms with Crippen molar-refractivity contribution in [2.24, 2.45) is 40.2 Å². The van der Waals surface area contributed by atoms with Crippen LogP contribution in [0.1, 0.15) is 59.8 Å². The number of hydrogen-bond acceptors (Lipinski definition) is 6. The summed E-state index contributed by atoms with van der Waals surface area (Å²) in [6.45, 7) is 9.05. The van der Waals surface area contributed by atoms with Crippen LogP contribution in [-0.2, 0) is 9.53 Å². The number of aliphatic hydroxyl groups is 1. The monoisotopic (exact) mass is 490 g/mol. The second kappa shape index (κ2) is 7.63. The van der Waals surface area contributed by atoms with Gasteiger partial charge < -0.3 is 26.2 Å². The van der Waals surface area contributed by atoms with Gasteiger partial charge in [0.25, 0.3) is 0 Å². The van der Waals surface area contributed by atoms with Crippen LogP contribution in [0.15, 0.2) is 11.3 Å². The Kier molecular flexibility index (Phi) is 5.38. The van der Waals surface area contributed by atoms with Crippen molar-refractivity contribution in [1.82, 2.24) is 10.6 Å². The molecule has 5 rings (SSSR count). The Morgan fingerprint density at radius 1 is 1.29 bits per heavy atom. The molecule has 2 aliphatic heterocycles. The largest absolute Gasteiger partial charge is 0.490 e. The summed E-state index contributed by atoms with van der Waals surface area (Å²) in [5.41, 5.74) is 5.25. The number of aliphatic hydroxyl groups excluding tert-OH is 1. The zero-order chi connectivity index (χ0) is 24.8. The summed E-state index contributed by atoms with van der Waals surface area (Å²) >= 11 is 1.73. The highest BCUT2D eigenvalue weighted by molar-refractivity contribution is 7.99. The third kappa shape index (κ3) is 2.98. The molecule has 5 aliphatic rings. The summed E-state index contributed by atoms with van der Waals surface area (Å²) in [7, 11) is 0. The SMILES string of the molecule is CSC1CC23OC4=C5C(=N)NC(=O)C5CC(O)C4CC2(C)C(C)CCC3C(C)(C)C1NC(N)=O. The van der Waals surface area contributed by atoms with Crippen molar-refractivity contribution >= 4 is 29.5 Å². The number of nitrogens with two attached hydrogens (primary N) is 1. The van der Waals surface area contributed by atoms with Gasteiger partial charge in [-0.25, -0.2) is 4.79 Å². The predicted molar refractivity (Wildman–Crippen MR) is 131 cm³/mol. The van der Waals surface area contributed by atoms with Crippen LogP contribution in [0.5, 0.6) is 0 Å². The van der Waals surface area contributed by atoms with Gasteiger partial charge in [-0.15, -0.1) is 0 Å². The van der Waals surface area contributed by atoms with Crippen molar-refractivity contribution < 1.29 is 19.4 Å². The number of hydrogen-bond donors (Lipinski definition) is 5. The van der Waals surface area contributed by atoms with Gasteiger partial charge in [0.15, 0.2) is 0 Å². The summed E-state index contributed by atoms with van der Waals surface area (Å²) in [6.07, 6.45) is 5.27. The smallest absolute Gasteiger partial charge is 0.312 e. The van der Waals surface area contributed by atoms with Gasteiger partial charge in [-0.3, -0.25) is 10.2 Å². The molecule has 0 aromatic rings. The molecule has 3 amide bonds. The topological polar surface area (TPSA) is 138 Å². The van der Waals surface area contributed by atoms with Gasteiger partial charge in [0.1, 0.15) is 17.2 Å². The van der Waals surface area contributed by atoms with E-state index in [-0.39, 0.29) is 45.7 Å². The molecule has 188 valence electrons.